The Bertz CT molecular complexity index is 899. The Morgan fingerprint density at radius 3 is 2.45 bits per heavy atom. The average Bonchev–Trinajstić information content (AvgIpc) is 3.14. The van der Waals surface area contributed by atoms with Gasteiger partial charge in [0.05, 0.1) is 6.54 Å². The molecule has 0 radical (unpaired) electrons. The average molecular weight is 395 g/mol. The molecule has 5 heteroatoms. The molecule has 29 heavy (non-hydrogen) atoms. The Morgan fingerprint density at radius 2 is 1.79 bits per heavy atom. The summed E-state index contributed by atoms with van der Waals surface area (Å²) in [5.74, 6) is 3.38. The minimum atomic E-state index is -0.238. The van der Waals surface area contributed by atoms with E-state index < -0.39 is 0 Å². The van der Waals surface area contributed by atoms with Crippen LogP contribution in [0, 0.1) is 11.8 Å². The fourth-order valence-corrected chi connectivity index (χ4v) is 5.78. The van der Waals surface area contributed by atoms with E-state index >= 15 is 0 Å². The van der Waals surface area contributed by atoms with Crippen molar-refractivity contribution < 1.29 is 9.47 Å². The van der Waals surface area contributed by atoms with Gasteiger partial charge in [-0.3, -0.25) is 9.36 Å². The fraction of sp³-hybridized carbons (Fsp3) is 0.583. The first-order chi connectivity index (χ1) is 14.2. The fourth-order valence-electron chi connectivity index (χ4n) is 5.78. The van der Waals surface area contributed by atoms with E-state index in [9.17, 15) is 4.79 Å². The van der Waals surface area contributed by atoms with Gasteiger partial charge in [-0.25, -0.2) is 0 Å². The van der Waals surface area contributed by atoms with Crippen molar-refractivity contribution in [3.63, 3.8) is 0 Å². The summed E-state index contributed by atoms with van der Waals surface area (Å²) in [4.78, 5) is 15.7. The summed E-state index contributed by atoms with van der Waals surface area (Å²) in [7, 11) is 0. The van der Waals surface area contributed by atoms with E-state index in [1.54, 1.807) is 6.07 Å². The topological polar surface area (TPSA) is 53.4 Å². The molecule has 2 bridgehead atoms. The third-order valence-corrected chi connectivity index (χ3v) is 7.11. The molecular formula is C24H30N2O3. The molecule has 2 aliphatic carbocycles. The van der Waals surface area contributed by atoms with Crippen LogP contribution < -0.4 is 15.0 Å². The van der Waals surface area contributed by atoms with Crippen LogP contribution in [0.1, 0.15) is 62.6 Å². The van der Waals surface area contributed by atoms with Crippen LogP contribution in [-0.4, -0.2) is 22.3 Å². The van der Waals surface area contributed by atoms with E-state index in [0.29, 0.717) is 19.2 Å². The van der Waals surface area contributed by atoms with Crippen LogP contribution in [0.2, 0.25) is 0 Å². The van der Waals surface area contributed by atoms with Gasteiger partial charge in [0.15, 0.2) is 6.10 Å². The highest BCUT2D eigenvalue weighted by Gasteiger charge is 2.37. The lowest BCUT2D eigenvalue weighted by atomic mass is 9.62. The van der Waals surface area contributed by atoms with Crippen LogP contribution in [0.4, 0.5) is 0 Å². The van der Waals surface area contributed by atoms with Gasteiger partial charge in [-0.2, -0.15) is 4.98 Å². The van der Waals surface area contributed by atoms with Crippen molar-refractivity contribution in [2.75, 3.05) is 6.61 Å². The van der Waals surface area contributed by atoms with Crippen LogP contribution in [0.5, 0.6) is 11.8 Å². The number of aryl methyl sites for hydroxylation is 1. The van der Waals surface area contributed by atoms with Crippen molar-refractivity contribution in [1.29, 1.82) is 0 Å². The molecule has 3 aliphatic rings. The molecule has 1 aliphatic heterocycles. The van der Waals surface area contributed by atoms with E-state index in [-0.39, 0.29) is 11.7 Å². The first-order valence-electron chi connectivity index (χ1n) is 11.2. The van der Waals surface area contributed by atoms with Gasteiger partial charge in [0.1, 0.15) is 12.4 Å². The van der Waals surface area contributed by atoms with Gasteiger partial charge in [0, 0.05) is 11.8 Å². The third-order valence-electron chi connectivity index (χ3n) is 7.11. The predicted octanol–water partition coefficient (Wildman–Crippen LogP) is 4.33. The first kappa shape index (κ1) is 18.7. The van der Waals surface area contributed by atoms with Crippen molar-refractivity contribution in [2.45, 2.75) is 70.4 Å². The molecule has 0 N–H and O–H groups in total. The molecule has 154 valence electrons. The minimum absolute atomic E-state index is 0.119. The molecule has 2 fully saturated rings. The van der Waals surface area contributed by atoms with Crippen molar-refractivity contribution in [1.82, 2.24) is 9.55 Å². The van der Waals surface area contributed by atoms with Gasteiger partial charge in [0.2, 0.25) is 0 Å². The number of rotatable bonds is 5. The second kappa shape index (κ2) is 7.85. The minimum Gasteiger partial charge on any atom is -0.490 e. The highest BCUT2D eigenvalue weighted by Crippen LogP contribution is 2.49. The van der Waals surface area contributed by atoms with Gasteiger partial charge in [0.25, 0.3) is 11.6 Å². The summed E-state index contributed by atoms with van der Waals surface area (Å²) < 4.78 is 13.9. The molecule has 2 saturated carbocycles. The maximum atomic E-state index is 11.7. The van der Waals surface area contributed by atoms with Crippen LogP contribution >= 0.6 is 0 Å². The van der Waals surface area contributed by atoms with Gasteiger partial charge in [-0.05, 0) is 67.6 Å². The number of nitrogens with zero attached hydrogens (tertiary/aromatic N) is 2. The van der Waals surface area contributed by atoms with Crippen molar-refractivity contribution >= 4 is 0 Å². The maximum Gasteiger partial charge on any atom is 0.300 e. The quantitative estimate of drug-likeness (QED) is 0.757. The molecule has 2 aromatic rings. The number of benzene rings is 1. The monoisotopic (exact) mass is 394 g/mol. The zero-order valence-corrected chi connectivity index (χ0v) is 17.2. The lowest BCUT2D eigenvalue weighted by Crippen LogP contribution is -2.30. The number of hydrogen-bond acceptors (Lipinski definition) is 4. The van der Waals surface area contributed by atoms with E-state index in [2.05, 4.69) is 29.2 Å². The van der Waals surface area contributed by atoms with Crippen LogP contribution in [-0.2, 0) is 13.0 Å². The summed E-state index contributed by atoms with van der Waals surface area (Å²) in [6.45, 7) is 3.16. The summed E-state index contributed by atoms with van der Waals surface area (Å²) >= 11 is 0. The van der Waals surface area contributed by atoms with Gasteiger partial charge >= 0.3 is 0 Å². The molecule has 5 nitrogen and oxygen atoms in total. The molecule has 2 heterocycles. The summed E-state index contributed by atoms with van der Waals surface area (Å²) in [5.41, 5.74) is 2.22. The highest BCUT2D eigenvalue weighted by atomic mass is 16.6. The van der Waals surface area contributed by atoms with Crippen LogP contribution in [0.3, 0.4) is 0 Å². The first-order valence-corrected chi connectivity index (χ1v) is 11.2. The van der Waals surface area contributed by atoms with E-state index in [4.69, 9.17) is 9.47 Å². The number of fused-ring (bicyclic) bond motifs is 3. The lowest BCUT2D eigenvalue weighted by Gasteiger charge is -2.43. The largest absolute Gasteiger partial charge is 0.490 e. The number of aromatic nitrogens is 2. The molecule has 1 aromatic heterocycles. The third kappa shape index (κ3) is 3.67. The summed E-state index contributed by atoms with van der Waals surface area (Å²) in [5, 5.41) is 0. The molecule has 1 aromatic carbocycles. The Hall–Kier alpha value is -2.30. The second-order valence-corrected chi connectivity index (χ2v) is 8.86. The maximum absolute atomic E-state index is 11.7. The van der Waals surface area contributed by atoms with Crippen molar-refractivity contribution in [3.8, 4) is 11.8 Å². The molecule has 0 saturated heterocycles. The molecule has 0 spiro atoms. The van der Waals surface area contributed by atoms with Crippen LogP contribution in [0.25, 0.3) is 0 Å². The lowest BCUT2D eigenvalue weighted by molar-refractivity contribution is 0.143. The van der Waals surface area contributed by atoms with Gasteiger partial charge in [-0.15, -0.1) is 0 Å². The van der Waals surface area contributed by atoms with E-state index in [0.717, 1.165) is 35.6 Å². The second-order valence-electron chi connectivity index (χ2n) is 8.86. The van der Waals surface area contributed by atoms with Crippen molar-refractivity contribution in [2.24, 2.45) is 11.8 Å². The Labute approximate surface area is 172 Å². The van der Waals surface area contributed by atoms with Gasteiger partial charge in [-0.1, -0.05) is 31.9 Å². The standard InChI is InChI=1S/C24H30N2O3/c1-2-19-13-22(27)25-24-26(19)14-21(29-24)15-28-20-11-9-18(10-12-20)23-16-5-3-6-17(23)8-4-7-16/h9-13,16-17,21,23H,2-8,14-15H2,1H3. The number of hydrogen-bond donors (Lipinski definition) is 0. The zero-order chi connectivity index (χ0) is 19.8. The molecule has 1 unspecified atom stereocenters. The van der Waals surface area contributed by atoms with Crippen molar-refractivity contribution in [3.05, 3.63) is 51.9 Å². The predicted molar refractivity (Wildman–Crippen MR) is 112 cm³/mol. The normalized spacial score (nSPS) is 27.9. The summed E-state index contributed by atoms with van der Waals surface area (Å²) in [6, 6.07) is 10.8. The van der Waals surface area contributed by atoms with Crippen LogP contribution in [0.15, 0.2) is 35.1 Å². The van der Waals surface area contributed by atoms with E-state index in [1.807, 2.05) is 11.5 Å². The Morgan fingerprint density at radius 1 is 1.10 bits per heavy atom. The number of ether oxygens (including phenoxy) is 2. The molecule has 1 atom stereocenters. The Balaban J connectivity index is 1.22. The molecular weight excluding hydrogens is 364 g/mol. The SMILES string of the molecule is CCc1cc(=O)nc2n1CC(COc1ccc(C3C4CCCC3CCC4)cc1)O2. The Kier molecular flexibility index (Phi) is 5.06. The molecule has 0 amide bonds. The molecule has 5 rings (SSSR count). The van der Waals surface area contributed by atoms with Gasteiger partial charge < -0.3 is 9.47 Å². The zero-order valence-electron chi connectivity index (χ0n) is 17.2. The van der Waals surface area contributed by atoms with E-state index in [1.165, 1.54) is 44.1 Å². The summed E-state index contributed by atoms with van der Waals surface area (Å²) in [6.07, 6.45) is 9.09. The highest BCUT2D eigenvalue weighted by molar-refractivity contribution is 5.31. The smallest absolute Gasteiger partial charge is 0.300 e.